The SMILES string of the molecule is CC1=C(C)C(C)[C]([Zr+2]([C]2=C(C)C(C)=C(C)C2C)=[Si](C)C)=C1C.[Cl-].[Cl-]. The van der Waals surface area contributed by atoms with Crippen molar-refractivity contribution in [1.82, 2.24) is 0 Å². The molecule has 0 nitrogen and oxygen atoms in total. The molecule has 2 aliphatic rings. The Morgan fingerprint density at radius 1 is 0.625 bits per heavy atom. The molecule has 24 heavy (non-hydrogen) atoms. The van der Waals surface area contributed by atoms with Crippen LogP contribution in [0.15, 0.2) is 40.0 Å². The van der Waals surface area contributed by atoms with Crippen molar-refractivity contribution < 1.29 is 45.2 Å². The summed E-state index contributed by atoms with van der Waals surface area (Å²) in [6, 6.07) is 0. The van der Waals surface area contributed by atoms with Gasteiger partial charge in [-0.15, -0.1) is 0 Å². The molecule has 0 fully saturated rings. The van der Waals surface area contributed by atoms with Crippen molar-refractivity contribution in [2.75, 3.05) is 0 Å². The van der Waals surface area contributed by atoms with E-state index in [9.17, 15) is 0 Å². The summed E-state index contributed by atoms with van der Waals surface area (Å²) in [5.41, 5.74) is 9.56. The van der Waals surface area contributed by atoms with Crippen LogP contribution in [0, 0.1) is 11.8 Å². The van der Waals surface area contributed by atoms with Gasteiger partial charge in [0.15, 0.2) is 0 Å². The fraction of sp³-hybridized carbons (Fsp3) is 0.600. The van der Waals surface area contributed by atoms with Gasteiger partial charge < -0.3 is 24.8 Å². The second-order valence-electron chi connectivity index (χ2n) is 7.51. The summed E-state index contributed by atoms with van der Waals surface area (Å²) in [6.07, 6.45) is 0. The van der Waals surface area contributed by atoms with E-state index in [1.807, 2.05) is 6.56 Å². The zero-order valence-electron chi connectivity index (χ0n) is 16.9. The number of hydrogen-bond donors (Lipinski definition) is 0. The van der Waals surface area contributed by atoms with Crippen molar-refractivity contribution in [3.05, 3.63) is 40.0 Å². The van der Waals surface area contributed by atoms with Gasteiger partial charge in [-0.2, -0.15) is 0 Å². The van der Waals surface area contributed by atoms with Gasteiger partial charge in [0.2, 0.25) is 0 Å². The Labute approximate surface area is 170 Å². The van der Waals surface area contributed by atoms with Crippen molar-refractivity contribution in [1.29, 1.82) is 0 Å². The van der Waals surface area contributed by atoms with Gasteiger partial charge in [0.1, 0.15) is 0 Å². The first-order valence-electron chi connectivity index (χ1n) is 8.56. The maximum absolute atomic E-state index is 2.59. The second kappa shape index (κ2) is 9.03. The topological polar surface area (TPSA) is 0 Å². The third kappa shape index (κ3) is 3.83. The van der Waals surface area contributed by atoms with Crippen LogP contribution in [0.5, 0.6) is 0 Å². The maximum atomic E-state index is 2.59. The van der Waals surface area contributed by atoms with E-state index in [2.05, 4.69) is 68.5 Å². The molecule has 0 aromatic heterocycles. The normalized spacial score (nSPS) is 23.4. The Morgan fingerprint density at radius 3 is 1.08 bits per heavy atom. The van der Waals surface area contributed by atoms with E-state index >= 15 is 0 Å². The van der Waals surface area contributed by atoms with Gasteiger partial charge in [0.25, 0.3) is 0 Å². The van der Waals surface area contributed by atoms with E-state index in [1.165, 1.54) is 0 Å². The number of hydrogen-bond acceptors (Lipinski definition) is 0. The summed E-state index contributed by atoms with van der Waals surface area (Å²) in [5, 5.41) is 0. The molecule has 0 heterocycles. The molecule has 0 N–H and O–H groups in total. The predicted octanol–water partition coefficient (Wildman–Crippen LogP) is 0.384. The van der Waals surface area contributed by atoms with Crippen LogP contribution in [-0.4, -0.2) is 5.43 Å². The van der Waals surface area contributed by atoms with Crippen molar-refractivity contribution in [3.63, 3.8) is 0 Å². The molecule has 0 spiro atoms. The molecular formula is C20H32Cl2SiZr. The third-order valence-electron chi connectivity index (χ3n) is 6.32. The quantitative estimate of drug-likeness (QED) is 0.521. The molecule has 2 rings (SSSR count). The van der Waals surface area contributed by atoms with E-state index < -0.39 is 20.4 Å². The summed E-state index contributed by atoms with van der Waals surface area (Å²) < 4.78 is 3.86. The van der Waals surface area contributed by atoms with E-state index in [1.54, 1.807) is 33.4 Å². The van der Waals surface area contributed by atoms with Crippen LogP contribution in [0.3, 0.4) is 0 Å². The standard InChI is InChI=1S/2C9H13.C2H6Si.2ClH.Zr/c2*1-6-5-7(2)9(4)8(6)3;1-3-2;;;/h2*6H,1-4H3;1-2H3;2*1H;/q;;;;;+2/p-2. The molecule has 2 unspecified atom stereocenters. The first-order chi connectivity index (χ1) is 10.1. The zero-order valence-corrected chi connectivity index (χ0v) is 21.9. The van der Waals surface area contributed by atoms with E-state index in [-0.39, 0.29) is 30.2 Å². The molecule has 2 aliphatic carbocycles. The first-order valence-corrected chi connectivity index (χ1v) is 17.2. The minimum Gasteiger partial charge on any atom is -1.00 e. The molecule has 0 aromatic rings. The first kappa shape index (κ1) is 24.6. The Bertz CT molecular complexity index is 647. The Balaban J connectivity index is 0.00000264. The largest absolute Gasteiger partial charge is 1.00 e. The number of allylic oxidation sites excluding steroid dienone is 8. The average Bonchev–Trinajstić information content (AvgIpc) is 2.76. The van der Waals surface area contributed by atoms with Crippen molar-refractivity contribution in [2.45, 2.75) is 68.5 Å². The van der Waals surface area contributed by atoms with Gasteiger partial charge in [-0.3, -0.25) is 0 Å². The molecule has 4 heteroatoms. The van der Waals surface area contributed by atoms with Crippen LogP contribution in [0.25, 0.3) is 0 Å². The molecule has 0 radical (unpaired) electrons. The molecular weight excluding hydrogens is 430 g/mol. The predicted molar refractivity (Wildman–Crippen MR) is 98.0 cm³/mol. The maximum Gasteiger partial charge on any atom is -1.00 e. The monoisotopic (exact) mass is 460 g/mol. The molecule has 0 saturated carbocycles. The van der Waals surface area contributed by atoms with Gasteiger partial charge in [-0.25, -0.2) is 0 Å². The summed E-state index contributed by atoms with van der Waals surface area (Å²) in [4.78, 5) is 0. The van der Waals surface area contributed by atoms with Crippen LogP contribution in [0.1, 0.15) is 55.4 Å². The van der Waals surface area contributed by atoms with Crippen molar-refractivity contribution >= 4 is 5.43 Å². The third-order valence-corrected chi connectivity index (χ3v) is 24.5. The van der Waals surface area contributed by atoms with Crippen LogP contribution in [-0.2, 0) is 20.4 Å². The molecule has 0 saturated heterocycles. The smallest absolute Gasteiger partial charge is 1.00 e. The second-order valence-corrected chi connectivity index (χ2v) is 24.3. The minimum atomic E-state index is -1.73. The summed E-state index contributed by atoms with van der Waals surface area (Å²) in [5.74, 6) is 1.42. The Hall–Kier alpha value is 0.640. The minimum absolute atomic E-state index is 0. The van der Waals surface area contributed by atoms with E-state index in [0.717, 1.165) is 0 Å². The molecule has 134 valence electrons. The average molecular weight is 463 g/mol. The van der Waals surface area contributed by atoms with Crippen LogP contribution < -0.4 is 24.8 Å². The summed E-state index contributed by atoms with van der Waals surface area (Å²) in [7, 11) is 0. The van der Waals surface area contributed by atoms with Gasteiger partial charge in [-0.05, 0) is 0 Å². The molecule has 0 amide bonds. The van der Waals surface area contributed by atoms with Gasteiger partial charge in [-0.1, -0.05) is 0 Å². The fourth-order valence-corrected chi connectivity index (χ4v) is 24.7. The summed E-state index contributed by atoms with van der Waals surface area (Å²) in [6.45, 7) is 24.4. The van der Waals surface area contributed by atoms with Crippen molar-refractivity contribution in [2.24, 2.45) is 11.8 Å². The number of halogens is 2. The van der Waals surface area contributed by atoms with Gasteiger partial charge in [0, 0.05) is 0 Å². The summed E-state index contributed by atoms with van der Waals surface area (Å²) >= 11 is -1.73. The Kier molecular flexibility index (Phi) is 9.27. The van der Waals surface area contributed by atoms with E-state index in [0.29, 0.717) is 11.8 Å². The number of rotatable bonds is 2. The zero-order chi connectivity index (χ0) is 16.9. The van der Waals surface area contributed by atoms with Gasteiger partial charge in [0.05, 0.1) is 0 Å². The van der Waals surface area contributed by atoms with Crippen molar-refractivity contribution in [3.8, 4) is 0 Å². The van der Waals surface area contributed by atoms with Gasteiger partial charge >= 0.3 is 146 Å². The van der Waals surface area contributed by atoms with Crippen LogP contribution in [0.2, 0.25) is 13.1 Å². The van der Waals surface area contributed by atoms with E-state index in [4.69, 9.17) is 0 Å². The molecule has 0 aliphatic heterocycles. The molecule has 0 bridgehead atoms. The van der Waals surface area contributed by atoms with Crippen LogP contribution >= 0.6 is 0 Å². The molecule has 2 atom stereocenters. The van der Waals surface area contributed by atoms with Crippen LogP contribution in [0.4, 0.5) is 0 Å². The molecule has 0 aromatic carbocycles. The Morgan fingerprint density at radius 2 is 0.917 bits per heavy atom. The fourth-order valence-electron chi connectivity index (χ4n) is 4.22.